The number of carbonyl (C=O) groups excluding carboxylic acids is 3. The van der Waals surface area contributed by atoms with Crippen LogP contribution in [0.4, 0.5) is 5.69 Å². The summed E-state index contributed by atoms with van der Waals surface area (Å²) in [4.78, 5) is 45.5. The molecule has 3 N–H and O–H groups in total. The maximum atomic E-state index is 11.8. The second-order valence-corrected chi connectivity index (χ2v) is 5.74. The van der Waals surface area contributed by atoms with Gasteiger partial charge in [-0.05, 0) is 23.6 Å². The second-order valence-electron chi connectivity index (χ2n) is 4.79. The number of rotatable bonds is 6. The molecule has 25 heavy (non-hydrogen) atoms. The van der Waals surface area contributed by atoms with Gasteiger partial charge in [0.15, 0.2) is 0 Å². The highest BCUT2D eigenvalue weighted by molar-refractivity contribution is 7.12. The lowest BCUT2D eigenvalue weighted by molar-refractivity contribution is -0.384. The molecule has 0 aliphatic rings. The summed E-state index contributed by atoms with van der Waals surface area (Å²) in [5.74, 6) is -1.34. The van der Waals surface area contributed by atoms with Crippen LogP contribution in [0.5, 0.6) is 0 Å². The van der Waals surface area contributed by atoms with E-state index < -0.39 is 22.6 Å². The Morgan fingerprint density at radius 1 is 1.04 bits per heavy atom. The first-order valence-electron chi connectivity index (χ1n) is 7.12. The molecule has 0 aliphatic carbocycles. The number of hydrazine groups is 1. The van der Waals surface area contributed by atoms with Crippen molar-refractivity contribution < 1.29 is 19.3 Å². The number of non-ortho nitro benzene ring substituents is 1. The van der Waals surface area contributed by atoms with E-state index in [1.807, 2.05) is 0 Å². The van der Waals surface area contributed by atoms with Gasteiger partial charge in [0.05, 0.1) is 9.80 Å². The Kier molecular flexibility index (Phi) is 6.18. The SMILES string of the molecule is O=C(CCNC(=O)c1ccc([N+](=O)[O-])cc1)NNC(=O)c1cccs1. The Bertz CT molecular complexity index is 774. The van der Waals surface area contributed by atoms with Crippen LogP contribution in [0.2, 0.25) is 0 Å². The molecule has 0 radical (unpaired) electrons. The van der Waals surface area contributed by atoms with Crippen LogP contribution >= 0.6 is 11.3 Å². The van der Waals surface area contributed by atoms with E-state index in [0.29, 0.717) is 4.88 Å². The number of thiophene rings is 1. The highest BCUT2D eigenvalue weighted by Crippen LogP contribution is 2.11. The summed E-state index contributed by atoms with van der Waals surface area (Å²) < 4.78 is 0. The second kappa shape index (κ2) is 8.55. The topological polar surface area (TPSA) is 130 Å². The summed E-state index contributed by atoms with van der Waals surface area (Å²) in [6.45, 7) is 0.0521. The Labute approximate surface area is 146 Å². The maximum Gasteiger partial charge on any atom is 0.279 e. The van der Waals surface area contributed by atoms with Gasteiger partial charge < -0.3 is 5.32 Å². The minimum Gasteiger partial charge on any atom is -0.352 e. The van der Waals surface area contributed by atoms with Crippen molar-refractivity contribution in [3.63, 3.8) is 0 Å². The highest BCUT2D eigenvalue weighted by atomic mass is 32.1. The van der Waals surface area contributed by atoms with Crippen molar-refractivity contribution in [2.45, 2.75) is 6.42 Å². The first kappa shape index (κ1) is 18.1. The van der Waals surface area contributed by atoms with Gasteiger partial charge in [0, 0.05) is 30.7 Å². The van der Waals surface area contributed by atoms with Gasteiger partial charge in [-0.1, -0.05) is 6.07 Å². The molecule has 9 nitrogen and oxygen atoms in total. The fourth-order valence-electron chi connectivity index (χ4n) is 1.78. The first-order chi connectivity index (χ1) is 12.0. The molecule has 0 saturated heterocycles. The van der Waals surface area contributed by atoms with E-state index in [9.17, 15) is 24.5 Å². The van der Waals surface area contributed by atoms with Gasteiger partial charge in [0.1, 0.15) is 0 Å². The van der Waals surface area contributed by atoms with Crippen molar-refractivity contribution in [1.29, 1.82) is 0 Å². The van der Waals surface area contributed by atoms with Crippen LogP contribution in [0.1, 0.15) is 26.5 Å². The largest absolute Gasteiger partial charge is 0.352 e. The third-order valence-electron chi connectivity index (χ3n) is 3.04. The number of carbonyl (C=O) groups is 3. The number of amides is 3. The molecule has 1 aromatic heterocycles. The van der Waals surface area contributed by atoms with Crippen LogP contribution in [0.3, 0.4) is 0 Å². The molecular weight excluding hydrogens is 348 g/mol. The van der Waals surface area contributed by atoms with Crippen molar-refractivity contribution in [2.75, 3.05) is 6.54 Å². The molecule has 2 rings (SSSR count). The van der Waals surface area contributed by atoms with Crippen molar-refractivity contribution in [3.05, 3.63) is 62.3 Å². The lowest BCUT2D eigenvalue weighted by Gasteiger charge is -2.07. The van der Waals surface area contributed by atoms with Gasteiger partial charge in [-0.15, -0.1) is 11.3 Å². The predicted molar refractivity (Wildman–Crippen MR) is 90.0 cm³/mol. The number of hydrogen-bond acceptors (Lipinski definition) is 6. The lowest BCUT2D eigenvalue weighted by Crippen LogP contribution is -2.42. The van der Waals surface area contributed by atoms with Crippen LogP contribution in [-0.2, 0) is 4.79 Å². The van der Waals surface area contributed by atoms with E-state index in [4.69, 9.17) is 0 Å². The molecule has 0 atom stereocenters. The Morgan fingerprint density at radius 3 is 2.36 bits per heavy atom. The quantitative estimate of drug-likeness (QED) is 0.526. The molecule has 10 heteroatoms. The molecule has 0 spiro atoms. The average Bonchev–Trinajstić information content (AvgIpc) is 3.14. The molecular formula is C15H14N4O5S. The van der Waals surface area contributed by atoms with Crippen LogP contribution in [-0.4, -0.2) is 29.2 Å². The maximum absolute atomic E-state index is 11.8. The lowest BCUT2D eigenvalue weighted by atomic mass is 10.2. The molecule has 1 heterocycles. The third kappa shape index (κ3) is 5.39. The molecule has 0 unspecified atom stereocenters. The minimum atomic E-state index is -0.559. The fraction of sp³-hybridized carbons (Fsp3) is 0.133. The average molecular weight is 362 g/mol. The van der Waals surface area contributed by atoms with E-state index in [0.717, 1.165) is 0 Å². The highest BCUT2D eigenvalue weighted by Gasteiger charge is 2.11. The predicted octanol–water partition coefficient (Wildman–Crippen LogP) is 1.24. The molecule has 0 bridgehead atoms. The zero-order valence-electron chi connectivity index (χ0n) is 12.9. The zero-order chi connectivity index (χ0) is 18.2. The number of nitrogens with one attached hydrogen (secondary N) is 3. The van der Waals surface area contributed by atoms with Crippen LogP contribution in [0.15, 0.2) is 41.8 Å². The molecule has 1 aromatic carbocycles. The normalized spacial score (nSPS) is 9.92. The summed E-state index contributed by atoms with van der Waals surface area (Å²) in [6.07, 6.45) is -0.0383. The summed E-state index contributed by atoms with van der Waals surface area (Å²) >= 11 is 1.24. The number of nitro groups is 1. The minimum absolute atomic E-state index is 0.0383. The number of nitrogens with zero attached hydrogens (tertiary/aromatic N) is 1. The molecule has 3 amide bonds. The van der Waals surface area contributed by atoms with Crippen molar-refractivity contribution in [2.24, 2.45) is 0 Å². The van der Waals surface area contributed by atoms with E-state index >= 15 is 0 Å². The van der Waals surface area contributed by atoms with E-state index in [-0.39, 0.29) is 24.2 Å². The zero-order valence-corrected chi connectivity index (χ0v) is 13.7. The van der Waals surface area contributed by atoms with E-state index in [2.05, 4.69) is 16.2 Å². The third-order valence-corrected chi connectivity index (χ3v) is 3.91. The Hall–Kier alpha value is -3.27. The van der Waals surface area contributed by atoms with Gasteiger partial charge in [-0.3, -0.25) is 35.3 Å². The summed E-state index contributed by atoms with van der Waals surface area (Å²) in [5, 5.41) is 14.8. The van der Waals surface area contributed by atoms with Crippen LogP contribution in [0, 0.1) is 10.1 Å². The van der Waals surface area contributed by atoms with E-state index in [1.54, 1.807) is 17.5 Å². The Balaban J connectivity index is 1.70. The number of benzene rings is 1. The van der Waals surface area contributed by atoms with E-state index in [1.165, 1.54) is 35.6 Å². The molecule has 130 valence electrons. The number of hydrogen-bond donors (Lipinski definition) is 3. The van der Waals surface area contributed by atoms with Crippen molar-refractivity contribution in [3.8, 4) is 0 Å². The fourth-order valence-corrected chi connectivity index (χ4v) is 2.40. The molecule has 2 aromatic rings. The van der Waals surface area contributed by atoms with Gasteiger partial charge in [-0.25, -0.2) is 0 Å². The van der Waals surface area contributed by atoms with Gasteiger partial charge in [-0.2, -0.15) is 0 Å². The van der Waals surface area contributed by atoms with Crippen molar-refractivity contribution in [1.82, 2.24) is 16.2 Å². The van der Waals surface area contributed by atoms with Gasteiger partial charge in [0.25, 0.3) is 17.5 Å². The molecule has 0 saturated carbocycles. The Morgan fingerprint density at radius 2 is 1.76 bits per heavy atom. The standard InChI is InChI=1S/C15H14N4O5S/c20-13(17-18-15(22)12-2-1-9-25-12)7-8-16-14(21)10-3-5-11(6-4-10)19(23)24/h1-6,9H,7-8H2,(H,16,21)(H,17,20)(H,18,22). The van der Waals surface area contributed by atoms with Crippen molar-refractivity contribution >= 4 is 34.7 Å². The molecule has 0 aliphatic heterocycles. The van der Waals surface area contributed by atoms with Gasteiger partial charge in [0.2, 0.25) is 5.91 Å². The monoisotopic (exact) mass is 362 g/mol. The summed E-state index contributed by atoms with van der Waals surface area (Å²) in [5.41, 5.74) is 4.65. The number of nitro benzene ring substituents is 1. The molecule has 0 fully saturated rings. The first-order valence-corrected chi connectivity index (χ1v) is 8.00. The summed E-state index contributed by atoms with van der Waals surface area (Å²) in [7, 11) is 0. The summed E-state index contributed by atoms with van der Waals surface area (Å²) in [6, 6.07) is 8.44. The smallest absolute Gasteiger partial charge is 0.279 e. The van der Waals surface area contributed by atoms with Crippen LogP contribution < -0.4 is 16.2 Å². The van der Waals surface area contributed by atoms with Crippen LogP contribution in [0.25, 0.3) is 0 Å². The van der Waals surface area contributed by atoms with Gasteiger partial charge >= 0.3 is 0 Å².